The van der Waals surface area contributed by atoms with E-state index in [1.807, 2.05) is 0 Å². The molecule has 10 heteroatoms. The number of anilines is 1. The number of hydrogen-bond acceptors (Lipinski definition) is 9. The number of nitrogens with zero attached hydrogens (tertiary/aromatic N) is 3. The summed E-state index contributed by atoms with van der Waals surface area (Å²) in [6, 6.07) is 10.6. The summed E-state index contributed by atoms with van der Waals surface area (Å²) in [4.78, 5) is 4.01. The van der Waals surface area contributed by atoms with Gasteiger partial charge in [-0.1, -0.05) is 0 Å². The monoisotopic (exact) mass is 442 g/mol. The fourth-order valence-corrected chi connectivity index (χ4v) is 4.60. The zero-order valence-corrected chi connectivity index (χ0v) is 18.3. The molecule has 0 spiro atoms. The van der Waals surface area contributed by atoms with Crippen LogP contribution in [-0.4, -0.2) is 57.0 Å². The third-order valence-corrected chi connectivity index (χ3v) is 6.05. The fourth-order valence-electron chi connectivity index (χ4n) is 4.60. The Kier molecular flexibility index (Phi) is 4.61. The summed E-state index contributed by atoms with van der Waals surface area (Å²) >= 11 is 0. The van der Waals surface area contributed by atoms with E-state index in [4.69, 9.17) is 29.4 Å². The zero-order valence-electron chi connectivity index (χ0n) is 18.3. The highest BCUT2D eigenvalue weighted by atomic mass is 16.8. The lowest BCUT2D eigenvalue weighted by molar-refractivity contribution is -0.311. The van der Waals surface area contributed by atoms with Crippen LogP contribution in [0.1, 0.15) is 26.5 Å². The van der Waals surface area contributed by atoms with Gasteiger partial charge in [0, 0.05) is 0 Å². The van der Waals surface area contributed by atoms with Crippen molar-refractivity contribution < 1.29 is 28.8 Å². The quantitative estimate of drug-likeness (QED) is 0.609. The van der Waals surface area contributed by atoms with Crippen molar-refractivity contribution in [3.05, 3.63) is 48.4 Å². The first-order chi connectivity index (χ1) is 15.2. The van der Waals surface area contributed by atoms with Crippen LogP contribution in [-0.2, 0) is 20.0 Å². The van der Waals surface area contributed by atoms with Crippen molar-refractivity contribution in [1.82, 2.24) is 14.6 Å². The molecular formula is C22H26N4O6. The van der Waals surface area contributed by atoms with Crippen LogP contribution in [0.4, 0.5) is 5.82 Å². The number of aromatic nitrogens is 3. The van der Waals surface area contributed by atoms with Crippen molar-refractivity contribution in [1.29, 1.82) is 0 Å². The van der Waals surface area contributed by atoms with E-state index in [2.05, 4.69) is 10.1 Å². The molecule has 1 aromatic carbocycles. The van der Waals surface area contributed by atoms with Crippen molar-refractivity contribution >= 4 is 11.3 Å². The van der Waals surface area contributed by atoms with Gasteiger partial charge in [-0.05, 0) is 57.2 Å². The Hall–Kier alpha value is -2.92. The third-order valence-electron chi connectivity index (χ3n) is 6.05. The zero-order chi connectivity index (χ0) is 22.7. The van der Waals surface area contributed by atoms with Crippen LogP contribution < -0.4 is 15.2 Å². The highest BCUT2D eigenvalue weighted by molar-refractivity contribution is 5.65. The van der Waals surface area contributed by atoms with Crippen LogP contribution >= 0.6 is 0 Å². The molecule has 2 aliphatic heterocycles. The minimum absolute atomic E-state index is 0.134. The first kappa shape index (κ1) is 21.0. The second-order valence-corrected chi connectivity index (χ2v) is 8.60. The number of methoxy groups -OCH3 is 1. The normalized spacial score (nSPS) is 31.0. The largest absolute Gasteiger partial charge is 0.497 e. The van der Waals surface area contributed by atoms with Gasteiger partial charge in [0.25, 0.3) is 0 Å². The lowest BCUT2D eigenvalue weighted by Gasteiger charge is -2.36. The number of aliphatic hydroxyl groups is 1. The number of nitrogens with two attached hydrogens (primary N) is 1. The van der Waals surface area contributed by atoms with Crippen LogP contribution in [0.25, 0.3) is 5.52 Å². The molecule has 3 aromatic rings. The Morgan fingerprint density at radius 2 is 1.81 bits per heavy atom. The first-order valence-electron chi connectivity index (χ1n) is 10.3. The lowest BCUT2D eigenvalue weighted by Crippen LogP contribution is -2.52. The number of benzene rings is 1. The van der Waals surface area contributed by atoms with E-state index in [-0.39, 0.29) is 12.4 Å². The molecule has 0 bridgehead atoms. The summed E-state index contributed by atoms with van der Waals surface area (Å²) in [6.45, 7) is 5.50. The summed E-state index contributed by atoms with van der Waals surface area (Å²) in [7, 11) is 1.60. The molecule has 2 unspecified atom stereocenters. The molecule has 0 radical (unpaired) electrons. The van der Waals surface area contributed by atoms with Gasteiger partial charge in [0.2, 0.25) is 5.79 Å². The van der Waals surface area contributed by atoms with E-state index in [0.29, 0.717) is 17.0 Å². The van der Waals surface area contributed by atoms with Gasteiger partial charge >= 0.3 is 0 Å². The summed E-state index contributed by atoms with van der Waals surface area (Å²) in [5.41, 5.74) is 5.65. The van der Waals surface area contributed by atoms with E-state index in [9.17, 15) is 5.11 Å². The average molecular weight is 442 g/mol. The molecule has 170 valence electrons. The highest BCUT2D eigenvalue weighted by Gasteiger charge is 2.72. The Balaban J connectivity index is 1.49. The van der Waals surface area contributed by atoms with Crippen molar-refractivity contribution in [3.63, 3.8) is 0 Å². The molecule has 4 heterocycles. The molecule has 0 saturated carbocycles. The minimum Gasteiger partial charge on any atom is -0.497 e. The van der Waals surface area contributed by atoms with Gasteiger partial charge < -0.3 is 34.5 Å². The summed E-state index contributed by atoms with van der Waals surface area (Å²) < 4.78 is 31.2. The van der Waals surface area contributed by atoms with E-state index >= 15 is 0 Å². The number of hydrogen-bond donors (Lipinski definition) is 2. The van der Waals surface area contributed by atoms with Crippen LogP contribution in [0.5, 0.6) is 11.5 Å². The predicted octanol–water partition coefficient (Wildman–Crippen LogP) is 1.85. The molecule has 2 fully saturated rings. The van der Waals surface area contributed by atoms with E-state index in [0.717, 1.165) is 5.75 Å². The molecule has 2 aliphatic rings. The van der Waals surface area contributed by atoms with Gasteiger partial charge in [0.05, 0.1) is 7.11 Å². The van der Waals surface area contributed by atoms with Gasteiger partial charge in [-0.25, -0.2) is 9.50 Å². The Morgan fingerprint density at radius 1 is 1.09 bits per heavy atom. The first-order valence-corrected chi connectivity index (χ1v) is 10.3. The van der Waals surface area contributed by atoms with E-state index in [1.54, 1.807) is 64.3 Å². The van der Waals surface area contributed by atoms with Crippen LogP contribution in [0.2, 0.25) is 0 Å². The smallest absolute Gasteiger partial charge is 0.243 e. The Labute approximate surface area is 184 Å². The van der Waals surface area contributed by atoms with Crippen LogP contribution in [0.3, 0.4) is 0 Å². The van der Waals surface area contributed by atoms with Gasteiger partial charge in [0.1, 0.15) is 47.9 Å². The number of fused-ring (bicyclic) bond motifs is 2. The van der Waals surface area contributed by atoms with Gasteiger partial charge in [-0.15, -0.1) is 0 Å². The SMILES string of the molecule is COc1ccc(OC[C@H]2OC(O)(c3ccc4c(N)ncnn34)[C@]3(C)OC(C)(C)OC23)cc1. The Bertz CT molecular complexity index is 1150. The third kappa shape index (κ3) is 3.02. The molecule has 3 N–H and O–H groups in total. The molecule has 2 saturated heterocycles. The summed E-state index contributed by atoms with van der Waals surface area (Å²) in [5, 5.41) is 16.2. The molecule has 0 aliphatic carbocycles. The fraction of sp³-hybridized carbons (Fsp3) is 0.455. The second kappa shape index (κ2) is 7.04. The highest BCUT2D eigenvalue weighted by Crippen LogP contribution is 2.55. The molecular weight excluding hydrogens is 416 g/mol. The molecule has 10 nitrogen and oxygen atoms in total. The van der Waals surface area contributed by atoms with E-state index in [1.165, 1.54) is 10.8 Å². The maximum atomic E-state index is 11.9. The molecule has 0 amide bonds. The lowest BCUT2D eigenvalue weighted by atomic mass is 9.88. The van der Waals surface area contributed by atoms with Gasteiger partial charge in [0.15, 0.2) is 17.2 Å². The molecule has 32 heavy (non-hydrogen) atoms. The maximum absolute atomic E-state index is 11.9. The molecule has 5 rings (SSSR count). The summed E-state index contributed by atoms with van der Waals surface area (Å²) in [6.07, 6.45) is 0.0913. The standard InChI is InChI=1S/C22H26N4O6/c1-20(2)31-18-16(11-29-14-7-5-13(28-4)6-8-14)30-22(27,21(18,3)32-20)17-10-9-15-19(23)24-12-25-26(15)17/h5-10,12,16,18,27H,11H2,1-4H3,(H2,23,24,25)/t16-,18?,21-,22?/m1/s1. The van der Waals surface area contributed by atoms with Crippen molar-refractivity contribution in [2.75, 3.05) is 19.5 Å². The van der Waals surface area contributed by atoms with Crippen molar-refractivity contribution in [2.24, 2.45) is 0 Å². The van der Waals surface area contributed by atoms with Gasteiger partial charge in [-0.2, -0.15) is 5.10 Å². The molecule has 4 atom stereocenters. The average Bonchev–Trinajstić information content (AvgIpc) is 3.36. The maximum Gasteiger partial charge on any atom is 0.243 e. The number of ether oxygens (including phenoxy) is 5. The second-order valence-electron chi connectivity index (χ2n) is 8.60. The summed E-state index contributed by atoms with van der Waals surface area (Å²) in [5.74, 6) is -1.16. The van der Waals surface area contributed by atoms with Crippen LogP contribution in [0, 0.1) is 0 Å². The minimum atomic E-state index is -1.88. The van der Waals surface area contributed by atoms with Crippen LogP contribution in [0.15, 0.2) is 42.7 Å². The molecule has 2 aromatic heterocycles. The number of nitrogen functional groups attached to an aromatic ring is 1. The van der Waals surface area contributed by atoms with Gasteiger partial charge in [-0.3, -0.25) is 0 Å². The van der Waals surface area contributed by atoms with Crippen molar-refractivity contribution in [3.8, 4) is 11.5 Å². The number of rotatable bonds is 5. The van der Waals surface area contributed by atoms with E-state index < -0.39 is 29.4 Å². The van der Waals surface area contributed by atoms with Crippen molar-refractivity contribution in [2.45, 2.75) is 50.2 Å². The Morgan fingerprint density at radius 3 is 2.53 bits per heavy atom. The topological polar surface area (TPSA) is 123 Å². The predicted molar refractivity (Wildman–Crippen MR) is 113 cm³/mol.